The van der Waals surface area contributed by atoms with Gasteiger partial charge in [-0.05, 0) is 18.9 Å². The molecule has 0 radical (unpaired) electrons. The maximum atomic E-state index is 10.8. The molecule has 2 aromatic rings. The number of hydrogen-bond acceptors (Lipinski definition) is 5. The Morgan fingerprint density at radius 3 is 2.63 bits per heavy atom. The largest absolute Gasteiger partial charge is 0.367 e. The molecule has 0 fully saturated rings. The van der Waals surface area contributed by atoms with Crippen LogP contribution in [0.4, 0.5) is 11.5 Å². The number of nitro groups is 1. The standard InChI is InChI=1S/C13H16N4O2/c1-8(2)9(3)16-13-11-6-10(17(18)19)4-5-12(11)14-7-15-13/h4-9H,1-3H3,(H,14,15,16). The van der Waals surface area contributed by atoms with Gasteiger partial charge in [-0.15, -0.1) is 0 Å². The summed E-state index contributed by atoms with van der Waals surface area (Å²) in [6.45, 7) is 6.25. The lowest BCUT2D eigenvalue weighted by Crippen LogP contribution is -2.22. The highest BCUT2D eigenvalue weighted by molar-refractivity contribution is 5.90. The Morgan fingerprint density at radius 2 is 2.00 bits per heavy atom. The van der Waals surface area contributed by atoms with Crippen molar-refractivity contribution in [3.63, 3.8) is 0 Å². The normalized spacial score (nSPS) is 12.6. The number of hydrogen-bond donors (Lipinski definition) is 1. The molecule has 1 atom stereocenters. The van der Waals surface area contributed by atoms with Crippen molar-refractivity contribution in [2.24, 2.45) is 5.92 Å². The molecule has 0 saturated carbocycles. The van der Waals surface area contributed by atoms with Crippen LogP contribution in [0.25, 0.3) is 10.9 Å². The highest BCUT2D eigenvalue weighted by Crippen LogP contribution is 2.25. The first-order chi connectivity index (χ1) is 8.99. The summed E-state index contributed by atoms with van der Waals surface area (Å²) in [6.07, 6.45) is 1.46. The molecule has 1 aromatic heterocycles. The molecule has 6 heteroatoms. The van der Waals surface area contributed by atoms with Gasteiger partial charge in [-0.2, -0.15) is 0 Å². The minimum absolute atomic E-state index is 0.0440. The fourth-order valence-corrected chi connectivity index (χ4v) is 1.66. The Hall–Kier alpha value is -2.24. The van der Waals surface area contributed by atoms with Gasteiger partial charge in [-0.1, -0.05) is 13.8 Å². The molecule has 0 spiro atoms. The lowest BCUT2D eigenvalue weighted by Gasteiger charge is -2.18. The van der Waals surface area contributed by atoms with Gasteiger partial charge in [0.1, 0.15) is 12.1 Å². The topological polar surface area (TPSA) is 81.0 Å². The van der Waals surface area contributed by atoms with E-state index in [9.17, 15) is 10.1 Å². The van der Waals surface area contributed by atoms with E-state index in [1.165, 1.54) is 18.5 Å². The highest BCUT2D eigenvalue weighted by Gasteiger charge is 2.13. The fraction of sp³-hybridized carbons (Fsp3) is 0.385. The smallest absolute Gasteiger partial charge is 0.270 e. The number of anilines is 1. The molecule has 1 N–H and O–H groups in total. The second-order valence-corrected chi connectivity index (χ2v) is 4.86. The molecule has 0 aliphatic heterocycles. The summed E-state index contributed by atoms with van der Waals surface area (Å²) in [7, 11) is 0. The lowest BCUT2D eigenvalue weighted by molar-refractivity contribution is -0.384. The van der Waals surface area contributed by atoms with Crippen molar-refractivity contribution in [3.05, 3.63) is 34.6 Å². The molecule has 1 aromatic carbocycles. The molecular weight excluding hydrogens is 244 g/mol. The minimum atomic E-state index is -0.415. The van der Waals surface area contributed by atoms with Crippen LogP contribution in [-0.4, -0.2) is 20.9 Å². The zero-order valence-corrected chi connectivity index (χ0v) is 11.1. The van der Waals surface area contributed by atoms with Gasteiger partial charge in [-0.25, -0.2) is 9.97 Å². The van der Waals surface area contributed by atoms with Crippen molar-refractivity contribution < 1.29 is 4.92 Å². The van der Waals surface area contributed by atoms with Crippen LogP contribution in [0.1, 0.15) is 20.8 Å². The zero-order valence-electron chi connectivity index (χ0n) is 11.1. The predicted molar refractivity (Wildman–Crippen MR) is 74.1 cm³/mol. The molecule has 1 unspecified atom stereocenters. The van der Waals surface area contributed by atoms with Gasteiger partial charge in [-0.3, -0.25) is 10.1 Å². The van der Waals surface area contributed by atoms with Crippen molar-refractivity contribution in [2.45, 2.75) is 26.8 Å². The van der Waals surface area contributed by atoms with E-state index in [0.717, 1.165) is 0 Å². The minimum Gasteiger partial charge on any atom is -0.367 e. The number of rotatable bonds is 4. The van der Waals surface area contributed by atoms with Crippen LogP contribution in [0.3, 0.4) is 0 Å². The summed E-state index contributed by atoms with van der Waals surface area (Å²) in [5, 5.41) is 14.8. The van der Waals surface area contributed by atoms with Crippen LogP contribution in [-0.2, 0) is 0 Å². The van der Waals surface area contributed by atoms with Gasteiger partial charge in [0, 0.05) is 23.6 Å². The molecule has 0 amide bonds. The molecular formula is C13H16N4O2. The number of benzene rings is 1. The summed E-state index contributed by atoms with van der Waals surface area (Å²) < 4.78 is 0. The van der Waals surface area contributed by atoms with Gasteiger partial charge in [0.2, 0.25) is 0 Å². The van der Waals surface area contributed by atoms with Gasteiger partial charge in [0.25, 0.3) is 5.69 Å². The third-order valence-corrected chi connectivity index (χ3v) is 3.19. The molecule has 19 heavy (non-hydrogen) atoms. The summed E-state index contributed by atoms with van der Waals surface area (Å²) >= 11 is 0. The van der Waals surface area contributed by atoms with E-state index in [1.54, 1.807) is 6.07 Å². The van der Waals surface area contributed by atoms with Crippen molar-refractivity contribution in [1.29, 1.82) is 0 Å². The Kier molecular flexibility index (Phi) is 3.59. The first-order valence-corrected chi connectivity index (χ1v) is 6.14. The van der Waals surface area contributed by atoms with Gasteiger partial charge in [0.05, 0.1) is 10.4 Å². The molecule has 0 aliphatic rings. The first kappa shape index (κ1) is 13.2. The number of nitrogens with one attached hydrogen (secondary N) is 1. The highest BCUT2D eigenvalue weighted by atomic mass is 16.6. The summed E-state index contributed by atoms with van der Waals surface area (Å²) in [5.74, 6) is 1.07. The monoisotopic (exact) mass is 260 g/mol. The molecule has 100 valence electrons. The number of non-ortho nitro benzene ring substituents is 1. The number of aromatic nitrogens is 2. The third kappa shape index (κ3) is 2.78. The molecule has 0 aliphatic carbocycles. The van der Waals surface area contributed by atoms with E-state index < -0.39 is 4.92 Å². The maximum Gasteiger partial charge on any atom is 0.270 e. The number of nitro benzene ring substituents is 1. The van der Waals surface area contributed by atoms with Crippen LogP contribution >= 0.6 is 0 Å². The van der Waals surface area contributed by atoms with Crippen LogP contribution < -0.4 is 5.32 Å². The Balaban J connectivity index is 2.48. The lowest BCUT2D eigenvalue weighted by atomic mass is 10.1. The fourth-order valence-electron chi connectivity index (χ4n) is 1.66. The van der Waals surface area contributed by atoms with Crippen LogP contribution in [0.15, 0.2) is 24.5 Å². The quantitative estimate of drug-likeness (QED) is 0.675. The second-order valence-electron chi connectivity index (χ2n) is 4.86. The molecule has 1 heterocycles. The van der Waals surface area contributed by atoms with Crippen molar-refractivity contribution >= 4 is 22.4 Å². The number of fused-ring (bicyclic) bond motifs is 1. The van der Waals surface area contributed by atoms with Crippen molar-refractivity contribution in [1.82, 2.24) is 9.97 Å². The molecule has 6 nitrogen and oxygen atoms in total. The zero-order chi connectivity index (χ0) is 14.0. The second kappa shape index (κ2) is 5.17. The van der Waals surface area contributed by atoms with E-state index in [1.807, 2.05) is 0 Å². The Labute approximate surface area is 111 Å². The van der Waals surface area contributed by atoms with Gasteiger partial charge in [0.15, 0.2) is 0 Å². The van der Waals surface area contributed by atoms with Gasteiger partial charge < -0.3 is 5.32 Å². The van der Waals surface area contributed by atoms with Crippen LogP contribution in [0, 0.1) is 16.0 Å². The molecule has 0 saturated heterocycles. The van der Waals surface area contributed by atoms with E-state index >= 15 is 0 Å². The Morgan fingerprint density at radius 1 is 1.26 bits per heavy atom. The van der Waals surface area contributed by atoms with E-state index in [0.29, 0.717) is 22.6 Å². The van der Waals surface area contributed by atoms with E-state index in [-0.39, 0.29) is 11.7 Å². The van der Waals surface area contributed by atoms with E-state index in [2.05, 4.69) is 36.1 Å². The summed E-state index contributed by atoms with van der Waals surface area (Å²) in [5.41, 5.74) is 0.738. The molecule has 0 bridgehead atoms. The predicted octanol–water partition coefficient (Wildman–Crippen LogP) is 2.99. The first-order valence-electron chi connectivity index (χ1n) is 6.14. The van der Waals surface area contributed by atoms with E-state index in [4.69, 9.17) is 0 Å². The van der Waals surface area contributed by atoms with Crippen molar-refractivity contribution in [3.8, 4) is 0 Å². The summed E-state index contributed by atoms with van der Waals surface area (Å²) in [4.78, 5) is 18.7. The summed E-state index contributed by atoms with van der Waals surface area (Å²) in [6, 6.07) is 4.81. The van der Waals surface area contributed by atoms with Crippen molar-refractivity contribution in [2.75, 3.05) is 5.32 Å². The SMILES string of the molecule is CC(C)C(C)Nc1ncnc2ccc([N+](=O)[O-])cc12. The van der Waals surface area contributed by atoms with Crippen LogP contribution in [0.5, 0.6) is 0 Å². The number of nitrogens with zero attached hydrogens (tertiary/aromatic N) is 3. The average Bonchev–Trinajstić information content (AvgIpc) is 2.38. The third-order valence-electron chi connectivity index (χ3n) is 3.19. The Bertz CT molecular complexity index is 613. The maximum absolute atomic E-state index is 10.8. The van der Waals surface area contributed by atoms with Crippen LogP contribution in [0.2, 0.25) is 0 Å². The molecule has 2 rings (SSSR count). The average molecular weight is 260 g/mol. The van der Waals surface area contributed by atoms with Gasteiger partial charge >= 0.3 is 0 Å².